The lowest BCUT2D eigenvalue weighted by Crippen LogP contribution is -2.17. The maximum Gasteiger partial charge on any atom is 0.123 e. The Hall–Kier alpha value is -3.64. The van der Waals surface area contributed by atoms with E-state index in [0.29, 0.717) is 24.5 Å². The molecule has 4 N–H and O–H groups in total. The third-order valence-electron chi connectivity index (χ3n) is 6.19. The Labute approximate surface area is 199 Å². The number of halogens is 1. The first kappa shape index (κ1) is 23.5. The van der Waals surface area contributed by atoms with E-state index in [4.69, 9.17) is 15.9 Å². The van der Waals surface area contributed by atoms with Gasteiger partial charge in [0.25, 0.3) is 0 Å². The smallest absolute Gasteiger partial charge is 0.123 e. The molecule has 3 aromatic carbocycles. The number of nitrogen functional groups attached to an aromatic ring is 1. The number of phenolic OH excluding ortho intramolecular Hbond substituents is 1. The molecule has 0 amide bonds. The maximum absolute atomic E-state index is 13.8. The predicted octanol–water partition coefficient (Wildman–Crippen LogP) is 6.64. The number of nitrogens with zero attached hydrogens (tertiary/aromatic N) is 1. The summed E-state index contributed by atoms with van der Waals surface area (Å²) in [6, 6.07) is 17.5. The number of nitrogens with two attached hydrogens (primary N) is 1. The Morgan fingerprint density at radius 3 is 2.41 bits per heavy atom. The van der Waals surface area contributed by atoms with E-state index in [-0.39, 0.29) is 17.5 Å². The molecule has 0 unspecified atom stereocenters. The molecule has 1 aromatic heterocycles. The van der Waals surface area contributed by atoms with Gasteiger partial charge in [0.1, 0.15) is 11.6 Å². The highest BCUT2D eigenvalue weighted by atomic mass is 19.1. The molecule has 1 aliphatic rings. The summed E-state index contributed by atoms with van der Waals surface area (Å²) in [6.07, 6.45) is 2.96. The quantitative estimate of drug-likeness (QED) is 0.236. The van der Waals surface area contributed by atoms with Crippen LogP contribution in [0.2, 0.25) is 0 Å². The number of ether oxygens (including phenoxy) is 1. The molecule has 0 saturated carbocycles. The second kappa shape index (κ2) is 10.1. The van der Waals surface area contributed by atoms with E-state index in [1.165, 1.54) is 18.3 Å². The normalized spacial score (nSPS) is 14.0. The van der Waals surface area contributed by atoms with Gasteiger partial charge in [-0.15, -0.1) is 0 Å². The topological polar surface area (TPSA) is 84.3 Å². The highest BCUT2D eigenvalue weighted by Gasteiger charge is 2.28. The molecule has 176 valence electrons. The van der Waals surface area contributed by atoms with Gasteiger partial charge in [0.15, 0.2) is 0 Å². The Bertz CT molecular complexity index is 1310. The molecule has 5 nitrogen and oxygen atoms in total. The van der Waals surface area contributed by atoms with Crippen LogP contribution in [0.4, 0.5) is 10.1 Å². The first-order chi connectivity index (χ1) is 16.6. The molecule has 0 aliphatic carbocycles. The van der Waals surface area contributed by atoms with Gasteiger partial charge in [-0.2, -0.15) is 0 Å². The number of fused-ring (bicyclic) bond motifs is 1. The molecule has 1 fully saturated rings. The minimum atomic E-state index is -0.296. The van der Waals surface area contributed by atoms with Gasteiger partial charge in [0.05, 0.1) is 5.52 Å². The van der Waals surface area contributed by atoms with E-state index in [1.807, 2.05) is 38.1 Å². The van der Waals surface area contributed by atoms with Gasteiger partial charge in [0.2, 0.25) is 0 Å². The minimum absolute atomic E-state index is 0.187. The largest absolute Gasteiger partial charge is 0.508 e. The Kier molecular flexibility index (Phi) is 6.98. The molecule has 2 heterocycles. The van der Waals surface area contributed by atoms with Gasteiger partial charge in [-0.05, 0) is 66.9 Å². The third-order valence-corrected chi connectivity index (χ3v) is 6.19. The van der Waals surface area contributed by atoms with Crippen LogP contribution in [0.25, 0.3) is 27.7 Å². The molecule has 0 bridgehead atoms. The molecule has 0 atom stereocenters. The number of rotatable bonds is 4. The zero-order valence-electron chi connectivity index (χ0n) is 19.5. The average Bonchev–Trinajstić information content (AvgIpc) is 3.19. The molecule has 1 saturated heterocycles. The van der Waals surface area contributed by atoms with Crippen LogP contribution in [0.3, 0.4) is 0 Å². The van der Waals surface area contributed by atoms with Crippen molar-refractivity contribution < 1.29 is 14.2 Å². The minimum Gasteiger partial charge on any atom is -0.508 e. The number of hydrogen-bond donors (Lipinski definition) is 3. The molecular weight excluding hydrogens is 429 g/mol. The first-order valence-corrected chi connectivity index (χ1v) is 11.7. The number of aromatic nitrogens is 1. The van der Waals surface area contributed by atoms with Gasteiger partial charge in [0, 0.05) is 58.9 Å². The molecule has 0 spiro atoms. The van der Waals surface area contributed by atoms with Crippen molar-refractivity contribution in [1.29, 1.82) is 5.41 Å². The lowest BCUT2D eigenvalue weighted by atomic mass is 9.89. The van der Waals surface area contributed by atoms with Crippen LogP contribution in [0.5, 0.6) is 5.75 Å². The SMILES string of the molecule is CC.N=Cc1cc2c(cc1N)c(-c1cccc(O)c1)c(C1CCOCC1)n2-c1ccc(F)cc1. The van der Waals surface area contributed by atoms with E-state index in [2.05, 4.69) is 4.57 Å². The summed E-state index contributed by atoms with van der Waals surface area (Å²) in [5.41, 5.74) is 12.1. The third kappa shape index (κ3) is 4.29. The summed E-state index contributed by atoms with van der Waals surface area (Å²) in [5, 5.41) is 18.9. The van der Waals surface area contributed by atoms with Gasteiger partial charge in [-0.3, -0.25) is 0 Å². The summed E-state index contributed by atoms with van der Waals surface area (Å²) < 4.78 is 21.5. The summed E-state index contributed by atoms with van der Waals surface area (Å²) in [7, 11) is 0. The maximum atomic E-state index is 13.8. The monoisotopic (exact) mass is 459 g/mol. The van der Waals surface area contributed by atoms with E-state index < -0.39 is 0 Å². The zero-order valence-corrected chi connectivity index (χ0v) is 19.5. The number of phenols is 1. The molecule has 6 heteroatoms. The summed E-state index contributed by atoms with van der Waals surface area (Å²) >= 11 is 0. The van der Waals surface area contributed by atoms with Crippen LogP contribution < -0.4 is 5.73 Å². The van der Waals surface area contributed by atoms with E-state index >= 15 is 0 Å². The van der Waals surface area contributed by atoms with Crippen LogP contribution in [0.15, 0.2) is 60.7 Å². The van der Waals surface area contributed by atoms with Crippen LogP contribution in [0, 0.1) is 11.2 Å². The number of benzene rings is 3. The zero-order chi connectivity index (χ0) is 24.2. The van der Waals surface area contributed by atoms with E-state index in [9.17, 15) is 9.50 Å². The van der Waals surface area contributed by atoms with Gasteiger partial charge in [-0.1, -0.05) is 26.0 Å². The molecule has 0 radical (unpaired) electrons. The highest BCUT2D eigenvalue weighted by molar-refractivity contribution is 6.04. The summed E-state index contributed by atoms with van der Waals surface area (Å²) in [5.74, 6) is 0.103. The van der Waals surface area contributed by atoms with Crippen LogP contribution >= 0.6 is 0 Å². The number of hydrogen-bond acceptors (Lipinski definition) is 4. The van der Waals surface area contributed by atoms with Crippen molar-refractivity contribution >= 4 is 22.8 Å². The highest BCUT2D eigenvalue weighted by Crippen LogP contribution is 2.45. The van der Waals surface area contributed by atoms with Gasteiger partial charge < -0.3 is 25.6 Å². The first-order valence-electron chi connectivity index (χ1n) is 11.7. The fourth-order valence-corrected chi connectivity index (χ4v) is 4.70. The van der Waals surface area contributed by atoms with Crippen molar-refractivity contribution in [2.24, 2.45) is 0 Å². The van der Waals surface area contributed by atoms with Crippen molar-refractivity contribution in [1.82, 2.24) is 4.57 Å². The van der Waals surface area contributed by atoms with Crippen molar-refractivity contribution in [3.8, 4) is 22.6 Å². The Balaban J connectivity index is 0.00000133. The average molecular weight is 460 g/mol. The number of aromatic hydroxyl groups is 1. The molecule has 34 heavy (non-hydrogen) atoms. The van der Waals surface area contributed by atoms with Crippen molar-refractivity contribution in [2.75, 3.05) is 18.9 Å². The summed E-state index contributed by atoms with van der Waals surface area (Å²) in [6.45, 7) is 5.34. The van der Waals surface area contributed by atoms with Crippen LogP contribution in [-0.4, -0.2) is 29.1 Å². The molecule has 5 rings (SSSR count). The standard InChI is InChI=1S/C26H24FN3O2.C2H6/c27-19-4-6-20(7-5-19)30-24-13-18(15-28)23(29)14-22(24)25(17-2-1-3-21(31)12-17)26(30)16-8-10-32-11-9-16;1-2/h1-7,12-16,28,31H,8-11,29H2;1-2H3. The van der Waals surface area contributed by atoms with Gasteiger partial charge >= 0.3 is 0 Å². The second-order valence-electron chi connectivity index (χ2n) is 8.15. The van der Waals surface area contributed by atoms with E-state index in [0.717, 1.165) is 46.3 Å². The number of anilines is 1. The van der Waals surface area contributed by atoms with Crippen molar-refractivity contribution in [2.45, 2.75) is 32.6 Å². The molecule has 1 aliphatic heterocycles. The van der Waals surface area contributed by atoms with Crippen molar-refractivity contribution in [3.63, 3.8) is 0 Å². The van der Waals surface area contributed by atoms with Crippen molar-refractivity contribution in [3.05, 3.63) is 77.7 Å². The number of nitrogens with one attached hydrogen (secondary N) is 1. The van der Waals surface area contributed by atoms with E-state index in [1.54, 1.807) is 24.3 Å². The fraction of sp³-hybridized carbons (Fsp3) is 0.250. The lowest BCUT2D eigenvalue weighted by Gasteiger charge is -2.26. The Morgan fingerprint density at radius 2 is 1.76 bits per heavy atom. The van der Waals surface area contributed by atoms with Crippen LogP contribution in [-0.2, 0) is 4.74 Å². The lowest BCUT2D eigenvalue weighted by molar-refractivity contribution is 0.0843. The van der Waals surface area contributed by atoms with Crippen LogP contribution in [0.1, 0.15) is 43.9 Å². The molecule has 4 aromatic rings. The predicted molar refractivity (Wildman–Crippen MR) is 137 cm³/mol. The second-order valence-corrected chi connectivity index (χ2v) is 8.15. The summed E-state index contributed by atoms with van der Waals surface area (Å²) in [4.78, 5) is 0. The van der Waals surface area contributed by atoms with Gasteiger partial charge in [-0.25, -0.2) is 4.39 Å². The fourth-order valence-electron chi connectivity index (χ4n) is 4.70. The Morgan fingerprint density at radius 1 is 1.06 bits per heavy atom. The molecular formula is C28H30FN3O2.